The van der Waals surface area contributed by atoms with Crippen LogP contribution in [0, 0.1) is 25.2 Å². The lowest BCUT2D eigenvalue weighted by atomic mass is 10.0. The number of carbonyl (C=O) groups excluding carboxylic acids is 3. The Labute approximate surface area is 157 Å². The zero-order valence-electron chi connectivity index (χ0n) is 15.4. The molecular formula is C21H20N2O4. The summed E-state index contributed by atoms with van der Waals surface area (Å²) in [4.78, 5) is 36.1. The maximum absolute atomic E-state index is 12.5. The van der Waals surface area contributed by atoms with E-state index in [4.69, 9.17) is 10.00 Å². The molecule has 6 heteroatoms. The molecule has 1 atom stereocenters. The van der Waals surface area contributed by atoms with Gasteiger partial charge < -0.3 is 10.1 Å². The fourth-order valence-corrected chi connectivity index (χ4v) is 2.38. The Kier molecular flexibility index (Phi) is 6.45. The van der Waals surface area contributed by atoms with Gasteiger partial charge in [-0.3, -0.25) is 9.59 Å². The SMILES string of the molecule is Cc1ccc(C(=O)C(C)OC(=O)c2ccc(NC(=O)CC#N)cc2)cc1C. The molecule has 2 aromatic carbocycles. The molecule has 2 aromatic rings. The summed E-state index contributed by atoms with van der Waals surface area (Å²) in [7, 11) is 0. The van der Waals surface area contributed by atoms with Gasteiger partial charge in [0.05, 0.1) is 11.6 Å². The predicted molar refractivity (Wildman–Crippen MR) is 100 cm³/mol. The van der Waals surface area contributed by atoms with Gasteiger partial charge in [-0.05, 0) is 62.2 Å². The first kappa shape index (κ1) is 19.9. The van der Waals surface area contributed by atoms with Gasteiger partial charge in [0, 0.05) is 11.3 Å². The number of hydrogen-bond acceptors (Lipinski definition) is 5. The van der Waals surface area contributed by atoms with Crippen LogP contribution in [-0.2, 0) is 9.53 Å². The van der Waals surface area contributed by atoms with Gasteiger partial charge in [-0.1, -0.05) is 12.1 Å². The van der Waals surface area contributed by atoms with Crippen molar-refractivity contribution in [2.24, 2.45) is 0 Å². The van der Waals surface area contributed by atoms with Crippen LogP contribution in [-0.4, -0.2) is 23.8 Å². The number of ketones is 1. The second-order valence-corrected chi connectivity index (χ2v) is 6.17. The average molecular weight is 364 g/mol. The smallest absolute Gasteiger partial charge is 0.338 e. The van der Waals surface area contributed by atoms with Crippen LogP contribution in [0.25, 0.3) is 0 Å². The van der Waals surface area contributed by atoms with E-state index in [1.807, 2.05) is 19.9 Å². The molecule has 1 N–H and O–H groups in total. The Balaban J connectivity index is 2.01. The topological polar surface area (TPSA) is 96.3 Å². The molecule has 138 valence electrons. The van der Waals surface area contributed by atoms with Crippen molar-refractivity contribution in [3.05, 3.63) is 64.7 Å². The second kappa shape index (κ2) is 8.77. The van der Waals surface area contributed by atoms with Crippen LogP contribution in [0.5, 0.6) is 0 Å². The van der Waals surface area contributed by atoms with E-state index in [0.717, 1.165) is 11.1 Å². The van der Waals surface area contributed by atoms with E-state index in [2.05, 4.69) is 5.32 Å². The van der Waals surface area contributed by atoms with Gasteiger partial charge in [0.15, 0.2) is 6.10 Å². The zero-order valence-corrected chi connectivity index (χ0v) is 15.4. The van der Waals surface area contributed by atoms with Gasteiger partial charge in [-0.15, -0.1) is 0 Å². The molecule has 0 heterocycles. The lowest BCUT2D eigenvalue weighted by molar-refractivity contribution is -0.115. The molecule has 0 radical (unpaired) electrons. The third-order valence-corrected chi connectivity index (χ3v) is 4.09. The molecule has 0 spiro atoms. The van der Waals surface area contributed by atoms with Crippen molar-refractivity contribution in [1.82, 2.24) is 0 Å². The standard InChI is InChI=1S/C21H20N2O4/c1-13-4-5-17(12-14(13)2)20(25)15(3)27-21(26)16-6-8-18(9-7-16)23-19(24)10-11-22/h4-9,12,15H,10H2,1-3H3,(H,23,24). The minimum absolute atomic E-state index is 0.248. The van der Waals surface area contributed by atoms with E-state index >= 15 is 0 Å². The van der Waals surface area contributed by atoms with E-state index in [1.54, 1.807) is 18.2 Å². The van der Waals surface area contributed by atoms with E-state index in [0.29, 0.717) is 11.3 Å². The first-order valence-electron chi connectivity index (χ1n) is 8.41. The highest BCUT2D eigenvalue weighted by Gasteiger charge is 2.20. The molecule has 0 bridgehead atoms. The zero-order chi connectivity index (χ0) is 20.0. The Hall–Kier alpha value is -3.46. The number of esters is 1. The average Bonchev–Trinajstić information content (AvgIpc) is 2.64. The van der Waals surface area contributed by atoms with Gasteiger partial charge in [0.2, 0.25) is 11.7 Å². The van der Waals surface area contributed by atoms with Crippen LogP contribution in [0.15, 0.2) is 42.5 Å². The predicted octanol–water partition coefficient (Wildman–Crippen LogP) is 3.58. The molecule has 0 saturated heterocycles. The number of nitriles is 1. The monoisotopic (exact) mass is 364 g/mol. The van der Waals surface area contributed by atoms with Gasteiger partial charge in [-0.25, -0.2) is 4.79 Å². The Morgan fingerprint density at radius 3 is 2.26 bits per heavy atom. The van der Waals surface area contributed by atoms with Crippen molar-refractivity contribution in [1.29, 1.82) is 5.26 Å². The molecule has 0 saturated carbocycles. The molecule has 1 unspecified atom stereocenters. The molecule has 27 heavy (non-hydrogen) atoms. The molecule has 6 nitrogen and oxygen atoms in total. The summed E-state index contributed by atoms with van der Waals surface area (Å²) in [6, 6.07) is 13.1. The molecule has 0 fully saturated rings. The summed E-state index contributed by atoms with van der Waals surface area (Å²) < 4.78 is 5.26. The van der Waals surface area contributed by atoms with Gasteiger partial charge in [0.1, 0.15) is 6.42 Å². The maximum Gasteiger partial charge on any atom is 0.338 e. The Bertz CT molecular complexity index is 911. The highest BCUT2D eigenvalue weighted by Crippen LogP contribution is 2.15. The molecule has 1 amide bonds. The van der Waals surface area contributed by atoms with Crippen LogP contribution in [0.3, 0.4) is 0 Å². The number of amides is 1. The van der Waals surface area contributed by atoms with E-state index in [9.17, 15) is 14.4 Å². The number of rotatable bonds is 6. The minimum atomic E-state index is -0.922. The summed E-state index contributed by atoms with van der Waals surface area (Å²) in [5.74, 6) is -1.33. The van der Waals surface area contributed by atoms with E-state index < -0.39 is 18.0 Å². The highest BCUT2D eigenvalue weighted by atomic mass is 16.5. The number of ether oxygens (including phenoxy) is 1. The molecule has 0 aliphatic carbocycles. The Morgan fingerprint density at radius 2 is 1.67 bits per heavy atom. The number of aryl methyl sites for hydroxylation is 2. The van der Waals surface area contributed by atoms with Crippen molar-refractivity contribution < 1.29 is 19.1 Å². The van der Waals surface area contributed by atoms with Crippen LogP contribution in [0.4, 0.5) is 5.69 Å². The molecule has 0 aromatic heterocycles. The van der Waals surface area contributed by atoms with Crippen LogP contribution < -0.4 is 5.32 Å². The summed E-state index contributed by atoms with van der Waals surface area (Å²) in [5, 5.41) is 11.0. The summed E-state index contributed by atoms with van der Waals surface area (Å²) in [5.41, 5.74) is 3.29. The van der Waals surface area contributed by atoms with Crippen LogP contribution in [0.2, 0.25) is 0 Å². The summed E-state index contributed by atoms with van der Waals surface area (Å²) in [6.45, 7) is 5.41. The van der Waals surface area contributed by atoms with E-state index in [1.165, 1.54) is 31.2 Å². The second-order valence-electron chi connectivity index (χ2n) is 6.17. The third-order valence-electron chi connectivity index (χ3n) is 4.09. The first-order valence-corrected chi connectivity index (χ1v) is 8.41. The normalized spacial score (nSPS) is 11.2. The number of nitrogens with one attached hydrogen (secondary N) is 1. The largest absolute Gasteiger partial charge is 0.451 e. The number of hydrogen-bond donors (Lipinski definition) is 1. The van der Waals surface area contributed by atoms with Gasteiger partial charge in [-0.2, -0.15) is 5.26 Å². The molecule has 2 rings (SSSR count). The maximum atomic E-state index is 12.5. The van der Waals surface area contributed by atoms with Crippen molar-refractivity contribution in [3.63, 3.8) is 0 Å². The molecular weight excluding hydrogens is 344 g/mol. The number of Topliss-reactive ketones (excluding diaryl/α,β-unsaturated/α-hetero) is 1. The highest BCUT2D eigenvalue weighted by molar-refractivity contribution is 6.01. The van der Waals surface area contributed by atoms with Gasteiger partial charge >= 0.3 is 5.97 Å². The van der Waals surface area contributed by atoms with Crippen molar-refractivity contribution in [2.75, 3.05) is 5.32 Å². The van der Waals surface area contributed by atoms with E-state index in [-0.39, 0.29) is 17.8 Å². The minimum Gasteiger partial charge on any atom is -0.451 e. The fraction of sp³-hybridized carbons (Fsp3) is 0.238. The van der Waals surface area contributed by atoms with Crippen LogP contribution in [0.1, 0.15) is 45.2 Å². The summed E-state index contributed by atoms with van der Waals surface area (Å²) in [6.07, 6.45) is -1.17. The molecule has 0 aliphatic rings. The first-order chi connectivity index (χ1) is 12.8. The van der Waals surface area contributed by atoms with Crippen molar-refractivity contribution in [3.8, 4) is 6.07 Å². The number of anilines is 1. The fourth-order valence-electron chi connectivity index (χ4n) is 2.38. The molecule has 0 aliphatic heterocycles. The quantitative estimate of drug-likeness (QED) is 0.624. The number of carbonyl (C=O) groups is 3. The van der Waals surface area contributed by atoms with Crippen molar-refractivity contribution >= 4 is 23.3 Å². The number of benzene rings is 2. The van der Waals surface area contributed by atoms with Crippen LogP contribution >= 0.6 is 0 Å². The lowest BCUT2D eigenvalue weighted by Crippen LogP contribution is -2.24. The Morgan fingerprint density at radius 1 is 1.04 bits per heavy atom. The lowest BCUT2D eigenvalue weighted by Gasteiger charge is -2.13. The van der Waals surface area contributed by atoms with Gasteiger partial charge in [0.25, 0.3) is 0 Å². The third kappa shape index (κ3) is 5.25. The summed E-state index contributed by atoms with van der Waals surface area (Å²) >= 11 is 0. The van der Waals surface area contributed by atoms with Crippen molar-refractivity contribution in [2.45, 2.75) is 33.3 Å². The number of nitrogens with zero attached hydrogens (tertiary/aromatic N) is 1.